The molecule has 0 aliphatic carbocycles. The van der Waals surface area contributed by atoms with Gasteiger partial charge in [0.05, 0.1) is 3.57 Å². The van der Waals surface area contributed by atoms with Gasteiger partial charge in [-0.25, -0.2) is 4.39 Å². The molecule has 0 radical (unpaired) electrons. The standard InChI is InChI=1S/C12H12FIN4O/c1-2-6-16-12(19)10(7-15)18-17-9-5-3-4-8(13)11(9)14/h3-5,10H,2,6H2,1H3,(H,16,19). The Hall–Kier alpha value is -1.56. The molecule has 1 atom stereocenters. The summed E-state index contributed by atoms with van der Waals surface area (Å²) in [6.07, 6.45) is 0.767. The van der Waals surface area contributed by atoms with E-state index in [0.717, 1.165) is 6.42 Å². The third-order valence-corrected chi connectivity index (χ3v) is 3.20. The maximum Gasteiger partial charge on any atom is 0.261 e. The quantitative estimate of drug-likeness (QED) is 0.636. The molecule has 0 heterocycles. The Morgan fingerprint density at radius 1 is 1.63 bits per heavy atom. The second-order valence-electron chi connectivity index (χ2n) is 3.61. The molecule has 0 aromatic heterocycles. The van der Waals surface area contributed by atoms with Crippen LogP contribution in [0.4, 0.5) is 10.1 Å². The monoisotopic (exact) mass is 374 g/mol. The van der Waals surface area contributed by atoms with E-state index in [1.165, 1.54) is 12.1 Å². The summed E-state index contributed by atoms with van der Waals surface area (Å²) < 4.78 is 13.6. The van der Waals surface area contributed by atoms with Crippen LogP contribution in [-0.4, -0.2) is 18.5 Å². The lowest BCUT2D eigenvalue weighted by molar-refractivity contribution is -0.121. The zero-order valence-electron chi connectivity index (χ0n) is 10.2. The molecule has 1 unspecified atom stereocenters. The van der Waals surface area contributed by atoms with Crippen LogP contribution in [0, 0.1) is 20.7 Å². The first kappa shape index (κ1) is 15.5. The topological polar surface area (TPSA) is 77.6 Å². The van der Waals surface area contributed by atoms with Gasteiger partial charge in [-0.05, 0) is 41.1 Å². The van der Waals surface area contributed by atoms with Crippen molar-refractivity contribution in [1.82, 2.24) is 5.32 Å². The highest BCUT2D eigenvalue weighted by atomic mass is 127. The fraction of sp³-hybridized carbons (Fsp3) is 0.333. The molecule has 1 aromatic rings. The van der Waals surface area contributed by atoms with Crippen molar-refractivity contribution in [3.63, 3.8) is 0 Å². The molecular weight excluding hydrogens is 362 g/mol. The molecule has 0 saturated carbocycles. The summed E-state index contributed by atoms with van der Waals surface area (Å²) in [6.45, 7) is 2.38. The van der Waals surface area contributed by atoms with Crippen LogP contribution in [0.3, 0.4) is 0 Å². The minimum Gasteiger partial charge on any atom is -0.353 e. The lowest BCUT2D eigenvalue weighted by Gasteiger charge is -2.04. The zero-order valence-corrected chi connectivity index (χ0v) is 12.4. The van der Waals surface area contributed by atoms with Crippen LogP contribution in [0.5, 0.6) is 0 Å². The molecule has 0 aliphatic heterocycles. The van der Waals surface area contributed by atoms with Gasteiger partial charge in [0.25, 0.3) is 5.91 Å². The van der Waals surface area contributed by atoms with E-state index in [1.807, 2.05) is 6.92 Å². The van der Waals surface area contributed by atoms with Crippen LogP contribution < -0.4 is 5.32 Å². The average Bonchev–Trinajstić information content (AvgIpc) is 2.41. The zero-order chi connectivity index (χ0) is 14.3. The first-order valence-electron chi connectivity index (χ1n) is 5.62. The van der Waals surface area contributed by atoms with Gasteiger partial charge in [0.1, 0.15) is 17.6 Å². The molecule has 0 spiro atoms. The van der Waals surface area contributed by atoms with Crippen molar-refractivity contribution in [3.8, 4) is 6.07 Å². The summed E-state index contributed by atoms with van der Waals surface area (Å²) in [5.74, 6) is -0.916. The van der Waals surface area contributed by atoms with E-state index in [9.17, 15) is 9.18 Å². The summed E-state index contributed by atoms with van der Waals surface area (Å²) in [6, 6.07) is 4.88. The number of amides is 1. The fourth-order valence-corrected chi connectivity index (χ4v) is 1.64. The minimum absolute atomic E-state index is 0.296. The lowest BCUT2D eigenvalue weighted by Crippen LogP contribution is -2.32. The van der Waals surface area contributed by atoms with Crippen LogP contribution in [-0.2, 0) is 4.79 Å². The van der Waals surface area contributed by atoms with Gasteiger partial charge >= 0.3 is 0 Å². The molecule has 1 N–H and O–H groups in total. The highest BCUT2D eigenvalue weighted by Gasteiger charge is 2.16. The second-order valence-corrected chi connectivity index (χ2v) is 4.69. The van der Waals surface area contributed by atoms with Gasteiger partial charge in [-0.2, -0.15) is 15.5 Å². The van der Waals surface area contributed by atoms with E-state index in [-0.39, 0.29) is 0 Å². The maximum absolute atomic E-state index is 13.3. The van der Waals surface area contributed by atoms with Crippen molar-refractivity contribution >= 4 is 34.2 Å². The SMILES string of the molecule is CCCNC(=O)C(C#N)N=Nc1cccc(F)c1I. The van der Waals surface area contributed by atoms with E-state index in [2.05, 4.69) is 15.5 Å². The fourth-order valence-electron chi connectivity index (χ4n) is 1.17. The van der Waals surface area contributed by atoms with Crippen molar-refractivity contribution in [2.75, 3.05) is 6.54 Å². The van der Waals surface area contributed by atoms with E-state index in [0.29, 0.717) is 15.8 Å². The van der Waals surface area contributed by atoms with Crippen LogP contribution in [0.1, 0.15) is 13.3 Å². The number of hydrogen-bond donors (Lipinski definition) is 1. The summed E-state index contributed by atoms with van der Waals surface area (Å²) in [5.41, 5.74) is 0.296. The summed E-state index contributed by atoms with van der Waals surface area (Å²) in [4.78, 5) is 11.5. The lowest BCUT2D eigenvalue weighted by atomic mass is 10.3. The molecule has 19 heavy (non-hydrogen) atoms. The largest absolute Gasteiger partial charge is 0.353 e. The molecule has 1 rings (SSSR count). The highest BCUT2D eigenvalue weighted by Crippen LogP contribution is 2.24. The van der Waals surface area contributed by atoms with E-state index < -0.39 is 17.8 Å². The molecule has 1 amide bonds. The number of hydrogen-bond acceptors (Lipinski definition) is 4. The van der Waals surface area contributed by atoms with Crippen LogP contribution in [0.25, 0.3) is 0 Å². The van der Waals surface area contributed by atoms with Crippen molar-refractivity contribution < 1.29 is 9.18 Å². The molecule has 0 aliphatic rings. The maximum atomic E-state index is 13.3. The van der Waals surface area contributed by atoms with Crippen molar-refractivity contribution in [2.24, 2.45) is 10.2 Å². The third-order valence-electron chi connectivity index (χ3n) is 2.13. The van der Waals surface area contributed by atoms with Gasteiger partial charge < -0.3 is 5.32 Å². The number of carbonyl (C=O) groups excluding carboxylic acids is 1. The number of azo groups is 1. The van der Waals surface area contributed by atoms with Gasteiger partial charge in [-0.15, -0.1) is 0 Å². The Balaban J connectivity index is 2.81. The minimum atomic E-state index is -1.22. The van der Waals surface area contributed by atoms with Crippen LogP contribution >= 0.6 is 22.6 Å². The Bertz CT molecular complexity index is 527. The molecule has 0 saturated heterocycles. The van der Waals surface area contributed by atoms with E-state index in [4.69, 9.17) is 5.26 Å². The van der Waals surface area contributed by atoms with E-state index >= 15 is 0 Å². The normalized spacial score (nSPS) is 12.1. The predicted molar refractivity (Wildman–Crippen MR) is 76.3 cm³/mol. The van der Waals surface area contributed by atoms with Crippen molar-refractivity contribution in [2.45, 2.75) is 19.4 Å². The van der Waals surface area contributed by atoms with Gasteiger partial charge in [0.2, 0.25) is 6.04 Å². The van der Waals surface area contributed by atoms with Gasteiger partial charge in [-0.3, -0.25) is 4.79 Å². The number of nitriles is 1. The number of nitrogens with zero attached hydrogens (tertiary/aromatic N) is 3. The molecule has 5 nitrogen and oxygen atoms in total. The number of benzene rings is 1. The number of nitrogens with one attached hydrogen (secondary N) is 1. The molecule has 7 heteroatoms. The molecule has 0 bridgehead atoms. The number of rotatable bonds is 5. The first-order valence-corrected chi connectivity index (χ1v) is 6.70. The number of halogens is 2. The summed E-state index contributed by atoms with van der Waals surface area (Å²) in [5, 5.41) is 18.8. The third kappa shape index (κ3) is 4.55. The molecule has 0 fully saturated rings. The average molecular weight is 374 g/mol. The molecular formula is C12H12FIN4O. The molecule has 1 aromatic carbocycles. The van der Waals surface area contributed by atoms with Gasteiger partial charge in [0, 0.05) is 6.54 Å². The second kappa shape index (κ2) is 7.78. The number of carbonyl (C=O) groups is 1. The van der Waals surface area contributed by atoms with Crippen LogP contribution in [0.2, 0.25) is 0 Å². The smallest absolute Gasteiger partial charge is 0.261 e. The summed E-state index contributed by atoms with van der Waals surface area (Å²) >= 11 is 1.79. The first-order chi connectivity index (χ1) is 9.10. The Labute approximate surface area is 124 Å². The van der Waals surface area contributed by atoms with Crippen molar-refractivity contribution in [3.05, 3.63) is 27.6 Å². The Morgan fingerprint density at radius 2 is 2.37 bits per heavy atom. The van der Waals surface area contributed by atoms with Gasteiger partial charge in [-0.1, -0.05) is 13.0 Å². The van der Waals surface area contributed by atoms with Crippen LogP contribution in [0.15, 0.2) is 28.4 Å². The van der Waals surface area contributed by atoms with Crippen molar-refractivity contribution in [1.29, 1.82) is 5.26 Å². The predicted octanol–water partition coefficient (Wildman–Crippen LogP) is 2.93. The summed E-state index contributed by atoms with van der Waals surface area (Å²) in [7, 11) is 0. The Kier molecular flexibility index (Phi) is 6.35. The van der Waals surface area contributed by atoms with E-state index in [1.54, 1.807) is 34.7 Å². The molecule has 100 valence electrons. The van der Waals surface area contributed by atoms with Gasteiger partial charge in [0.15, 0.2) is 0 Å². The Morgan fingerprint density at radius 3 is 3.00 bits per heavy atom. The highest BCUT2D eigenvalue weighted by molar-refractivity contribution is 14.1.